The van der Waals surface area contributed by atoms with Crippen molar-refractivity contribution in [2.45, 2.75) is 33.2 Å². The van der Waals surface area contributed by atoms with Crippen molar-refractivity contribution in [1.82, 2.24) is 15.1 Å². The summed E-state index contributed by atoms with van der Waals surface area (Å²) in [6, 6.07) is 0. The summed E-state index contributed by atoms with van der Waals surface area (Å²) in [7, 11) is 0. The van der Waals surface area contributed by atoms with E-state index in [9.17, 15) is 4.79 Å². The molecule has 0 aromatic rings. The predicted octanol–water partition coefficient (Wildman–Crippen LogP) is 0.785. The van der Waals surface area contributed by atoms with Gasteiger partial charge < -0.3 is 10.2 Å². The Morgan fingerprint density at radius 3 is 2.11 bits per heavy atom. The van der Waals surface area contributed by atoms with Gasteiger partial charge in [-0.3, -0.25) is 9.69 Å². The molecule has 0 aromatic heterocycles. The minimum absolute atomic E-state index is 0.187. The number of nitrogens with one attached hydrogen (secondary N) is 1. The van der Waals surface area contributed by atoms with Crippen molar-refractivity contribution < 1.29 is 4.79 Å². The Morgan fingerprint density at radius 2 is 1.72 bits per heavy atom. The molecule has 0 bridgehead atoms. The van der Waals surface area contributed by atoms with Crippen molar-refractivity contribution in [1.29, 1.82) is 0 Å². The highest BCUT2D eigenvalue weighted by atomic mass is 16.2. The molecule has 2 heterocycles. The second kappa shape index (κ2) is 5.17. The largest absolute Gasteiger partial charge is 0.340 e. The first kappa shape index (κ1) is 13.8. The van der Waals surface area contributed by atoms with Crippen LogP contribution in [0, 0.1) is 11.8 Å². The summed E-state index contributed by atoms with van der Waals surface area (Å²) in [5, 5.41) is 3.25. The third-order valence-corrected chi connectivity index (χ3v) is 4.45. The normalized spacial score (nSPS) is 24.8. The molecule has 2 fully saturated rings. The minimum Gasteiger partial charge on any atom is -0.340 e. The highest BCUT2D eigenvalue weighted by molar-refractivity contribution is 5.79. The van der Waals surface area contributed by atoms with Crippen molar-refractivity contribution >= 4 is 5.91 Å². The maximum absolute atomic E-state index is 12.4. The van der Waals surface area contributed by atoms with Crippen LogP contribution in [0.25, 0.3) is 0 Å². The zero-order chi connectivity index (χ0) is 13.3. The van der Waals surface area contributed by atoms with E-state index in [1.165, 1.54) is 0 Å². The first-order valence-corrected chi connectivity index (χ1v) is 7.14. The number of piperazine rings is 1. The Labute approximate surface area is 111 Å². The van der Waals surface area contributed by atoms with Crippen LogP contribution < -0.4 is 5.32 Å². The van der Waals surface area contributed by atoms with Gasteiger partial charge in [-0.2, -0.15) is 0 Å². The molecule has 18 heavy (non-hydrogen) atoms. The van der Waals surface area contributed by atoms with E-state index in [2.05, 4.69) is 42.8 Å². The lowest BCUT2D eigenvalue weighted by molar-refractivity contribution is -0.140. The standard InChI is InChI=1S/C14H27N3O/c1-11(12-9-15-10-12)13(18)16-5-7-17(8-6-16)14(2,3)4/h11-12,15H,5-10H2,1-4H3. The van der Waals surface area contributed by atoms with E-state index in [1.807, 2.05) is 0 Å². The third-order valence-electron chi connectivity index (χ3n) is 4.45. The maximum atomic E-state index is 12.4. The molecule has 2 rings (SSSR count). The predicted molar refractivity (Wildman–Crippen MR) is 73.4 cm³/mol. The molecule has 0 aliphatic carbocycles. The fourth-order valence-corrected chi connectivity index (χ4v) is 2.75. The van der Waals surface area contributed by atoms with E-state index in [1.54, 1.807) is 0 Å². The van der Waals surface area contributed by atoms with Gasteiger partial charge in [0, 0.05) is 37.6 Å². The van der Waals surface area contributed by atoms with Gasteiger partial charge in [0.25, 0.3) is 0 Å². The second-order valence-electron chi connectivity index (χ2n) is 6.69. The zero-order valence-corrected chi connectivity index (χ0v) is 12.2. The van der Waals surface area contributed by atoms with E-state index >= 15 is 0 Å². The molecule has 2 aliphatic rings. The first-order valence-electron chi connectivity index (χ1n) is 7.14. The molecule has 2 aliphatic heterocycles. The van der Waals surface area contributed by atoms with E-state index in [-0.39, 0.29) is 11.5 Å². The fourth-order valence-electron chi connectivity index (χ4n) is 2.75. The Balaban J connectivity index is 1.83. The topological polar surface area (TPSA) is 35.6 Å². The van der Waals surface area contributed by atoms with Crippen LogP contribution >= 0.6 is 0 Å². The van der Waals surface area contributed by atoms with Crippen molar-refractivity contribution in [3.8, 4) is 0 Å². The van der Waals surface area contributed by atoms with Gasteiger partial charge >= 0.3 is 0 Å². The number of nitrogens with zero attached hydrogens (tertiary/aromatic N) is 2. The molecular formula is C14H27N3O. The van der Waals surface area contributed by atoms with Crippen molar-refractivity contribution in [2.24, 2.45) is 11.8 Å². The van der Waals surface area contributed by atoms with Crippen LogP contribution in [-0.2, 0) is 4.79 Å². The Hall–Kier alpha value is -0.610. The molecule has 4 heteroatoms. The number of amides is 1. The summed E-state index contributed by atoms with van der Waals surface area (Å²) in [6.45, 7) is 14.6. The molecular weight excluding hydrogens is 226 g/mol. The van der Waals surface area contributed by atoms with Gasteiger partial charge in [-0.15, -0.1) is 0 Å². The molecule has 0 aromatic carbocycles. The van der Waals surface area contributed by atoms with Gasteiger partial charge in [-0.25, -0.2) is 0 Å². The van der Waals surface area contributed by atoms with Crippen molar-refractivity contribution in [3.63, 3.8) is 0 Å². The lowest BCUT2D eigenvalue weighted by Gasteiger charge is -2.43. The number of rotatable bonds is 2. The molecule has 4 nitrogen and oxygen atoms in total. The van der Waals surface area contributed by atoms with E-state index < -0.39 is 0 Å². The molecule has 1 atom stereocenters. The zero-order valence-electron chi connectivity index (χ0n) is 12.2. The SMILES string of the molecule is CC(C(=O)N1CCN(C(C)(C)C)CC1)C1CNC1. The first-order chi connectivity index (χ1) is 8.39. The highest BCUT2D eigenvalue weighted by Gasteiger charge is 2.34. The van der Waals surface area contributed by atoms with E-state index in [0.717, 1.165) is 39.3 Å². The van der Waals surface area contributed by atoms with Crippen LogP contribution in [0.1, 0.15) is 27.7 Å². The van der Waals surface area contributed by atoms with Gasteiger partial charge in [0.1, 0.15) is 0 Å². The second-order valence-corrected chi connectivity index (χ2v) is 6.69. The van der Waals surface area contributed by atoms with E-state index in [0.29, 0.717) is 11.8 Å². The van der Waals surface area contributed by atoms with Crippen molar-refractivity contribution in [2.75, 3.05) is 39.3 Å². The monoisotopic (exact) mass is 253 g/mol. The highest BCUT2D eigenvalue weighted by Crippen LogP contribution is 2.21. The smallest absolute Gasteiger partial charge is 0.225 e. The molecule has 1 amide bonds. The summed E-state index contributed by atoms with van der Waals surface area (Å²) >= 11 is 0. The molecule has 0 spiro atoms. The third kappa shape index (κ3) is 2.86. The molecule has 1 unspecified atom stereocenters. The summed E-state index contributed by atoms with van der Waals surface area (Å²) in [5.74, 6) is 1.10. The van der Waals surface area contributed by atoms with E-state index in [4.69, 9.17) is 0 Å². The average Bonchev–Trinajstić information content (AvgIpc) is 2.24. The van der Waals surface area contributed by atoms with Gasteiger partial charge in [0.2, 0.25) is 5.91 Å². The van der Waals surface area contributed by atoms with Crippen LogP contribution in [0.4, 0.5) is 0 Å². The van der Waals surface area contributed by atoms with Gasteiger partial charge in [-0.1, -0.05) is 6.92 Å². The summed E-state index contributed by atoms with van der Waals surface area (Å²) in [6.07, 6.45) is 0. The number of carbonyl (C=O) groups is 1. The number of hydrogen-bond acceptors (Lipinski definition) is 3. The molecule has 1 N–H and O–H groups in total. The summed E-state index contributed by atoms with van der Waals surface area (Å²) in [5.41, 5.74) is 0.221. The fraction of sp³-hybridized carbons (Fsp3) is 0.929. The van der Waals surface area contributed by atoms with Crippen LogP contribution in [0.5, 0.6) is 0 Å². The van der Waals surface area contributed by atoms with Gasteiger partial charge in [0.05, 0.1) is 0 Å². The number of carbonyl (C=O) groups excluding carboxylic acids is 1. The molecule has 0 radical (unpaired) electrons. The lowest BCUT2D eigenvalue weighted by atomic mass is 9.87. The molecule has 104 valence electrons. The van der Waals surface area contributed by atoms with Crippen LogP contribution in [0.15, 0.2) is 0 Å². The lowest BCUT2D eigenvalue weighted by Crippen LogP contribution is -2.57. The Kier molecular flexibility index (Phi) is 3.97. The number of hydrogen-bond donors (Lipinski definition) is 1. The van der Waals surface area contributed by atoms with Crippen LogP contribution in [0.2, 0.25) is 0 Å². The summed E-state index contributed by atoms with van der Waals surface area (Å²) in [4.78, 5) is 16.9. The average molecular weight is 253 g/mol. The van der Waals surface area contributed by atoms with Gasteiger partial charge in [-0.05, 0) is 39.8 Å². The molecule has 2 saturated heterocycles. The van der Waals surface area contributed by atoms with Crippen LogP contribution in [-0.4, -0.2) is 60.5 Å². The quantitative estimate of drug-likeness (QED) is 0.790. The van der Waals surface area contributed by atoms with Crippen molar-refractivity contribution in [3.05, 3.63) is 0 Å². The van der Waals surface area contributed by atoms with Crippen LogP contribution in [0.3, 0.4) is 0 Å². The minimum atomic E-state index is 0.187. The van der Waals surface area contributed by atoms with Gasteiger partial charge in [0.15, 0.2) is 0 Å². The Morgan fingerprint density at radius 1 is 1.17 bits per heavy atom. The Bertz CT molecular complexity index is 299. The maximum Gasteiger partial charge on any atom is 0.225 e. The molecule has 0 saturated carbocycles. The summed E-state index contributed by atoms with van der Waals surface area (Å²) < 4.78 is 0.